The first-order valence-corrected chi connectivity index (χ1v) is 15.8. The van der Waals surface area contributed by atoms with Gasteiger partial charge in [-0.25, -0.2) is 4.98 Å². The Labute approximate surface area is 254 Å². The zero-order chi connectivity index (χ0) is 30.9. The second-order valence-corrected chi connectivity index (χ2v) is 13.6. The minimum atomic E-state index is -0.775. The number of carbonyl (C=O) groups is 1. The number of carbonyl (C=O) groups excluding carboxylic acids is 1. The molecular formula is C33H38N6O3S. The van der Waals surface area contributed by atoms with Crippen molar-refractivity contribution in [1.29, 1.82) is 0 Å². The third kappa shape index (κ3) is 6.64. The van der Waals surface area contributed by atoms with Crippen LogP contribution in [0.5, 0.6) is 0 Å². The van der Waals surface area contributed by atoms with Crippen LogP contribution in [0, 0.1) is 6.92 Å². The molecule has 0 bridgehead atoms. The summed E-state index contributed by atoms with van der Waals surface area (Å²) >= 11 is 0. The number of nitrogens with two attached hydrogens (primary N) is 1. The van der Waals surface area contributed by atoms with E-state index in [0.29, 0.717) is 52.9 Å². The fraction of sp³-hybridized carbons (Fsp3) is 0.303. The number of aromatic nitrogens is 2. The molecule has 1 aliphatic rings. The van der Waals surface area contributed by atoms with Crippen molar-refractivity contribution in [1.82, 2.24) is 9.55 Å². The highest BCUT2D eigenvalue weighted by molar-refractivity contribution is 7.85. The van der Waals surface area contributed by atoms with Crippen molar-refractivity contribution in [2.75, 3.05) is 45.9 Å². The number of benzene rings is 3. The van der Waals surface area contributed by atoms with Gasteiger partial charge in [0.1, 0.15) is 0 Å². The van der Waals surface area contributed by atoms with E-state index in [0.717, 1.165) is 22.4 Å². The summed E-state index contributed by atoms with van der Waals surface area (Å²) in [7, 11) is 0.904. The molecule has 1 amide bonds. The molecule has 0 atom stereocenters. The van der Waals surface area contributed by atoms with E-state index in [9.17, 15) is 13.8 Å². The fourth-order valence-electron chi connectivity index (χ4n) is 5.12. The van der Waals surface area contributed by atoms with E-state index >= 15 is 0 Å². The number of rotatable bonds is 6. The van der Waals surface area contributed by atoms with Crippen molar-refractivity contribution in [2.24, 2.45) is 7.05 Å². The first-order chi connectivity index (χ1) is 20.4. The number of hydrogen-bond acceptors (Lipinski definition) is 7. The molecule has 2 heterocycles. The summed E-state index contributed by atoms with van der Waals surface area (Å²) in [4.78, 5) is 32.9. The normalized spacial score (nSPS) is 14.0. The minimum Gasteiger partial charge on any atom is -0.397 e. The molecule has 224 valence electrons. The van der Waals surface area contributed by atoms with Gasteiger partial charge in [0.2, 0.25) is 0 Å². The Hall–Kier alpha value is -4.44. The largest absolute Gasteiger partial charge is 0.397 e. The zero-order valence-corrected chi connectivity index (χ0v) is 26.0. The molecule has 43 heavy (non-hydrogen) atoms. The van der Waals surface area contributed by atoms with Gasteiger partial charge in [0.25, 0.3) is 11.5 Å². The van der Waals surface area contributed by atoms with Gasteiger partial charge in [0.15, 0.2) is 5.82 Å². The predicted molar refractivity (Wildman–Crippen MR) is 177 cm³/mol. The van der Waals surface area contributed by atoms with Gasteiger partial charge in [0.05, 0.1) is 17.1 Å². The topological polar surface area (TPSA) is 122 Å². The van der Waals surface area contributed by atoms with E-state index < -0.39 is 10.8 Å². The number of anilines is 5. The van der Waals surface area contributed by atoms with Crippen molar-refractivity contribution < 1.29 is 9.00 Å². The predicted octanol–water partition coefficient (Wildman–Crippen LogP) is 5.20. The van der Waals surface area contributed by atoms with Crippen LogP contribution >= 0.6 is 0 Å². The van der Waals surface area contributed by atoms with Crippen LogP contribution in [0.15, 0.2) is 71.7 Å². The first-order valence-electron chi connectivity index (χ1n) is 14.3. The Bertz CT molecular complexity index is 1750. The van der Waals surface area contributed by atoms with Crippen LogP contribution in [-0.4, -0.2) is 44.3 Å². The number of hydrogen-bond donors (Lipinski definition) is 3. The average molecular weight is 599 g/mol. The first kappa shape index (κ1) is 30.0. The Balaban J connectivity index is 1.38. The highest BCUT2D eigenvalue weighted by atomic mass is 32.2. The third-order valence-corrected chi connectivity index (χ3v) is 9.03. The van der Waals surface area contributed by atoms with E-state index in [-0.39, 0.29) is 22.7 Å². The van der Waals surface area contributed by atoms with Gasteiger partial charge in [-0.3, -0.25) is 13.8 Å². The molecule has 10 heteroatoms. The fourth-order valence-corrected chi connectivity index (χ4v) is 6.17. The number of nitrogens with zero attached hydrogens (tertiary/aromatic N) is 3. The van der Waals surface area contributed by atoms with E-state index in [1.54, 1.807) is 19.3 Å². The van der Waals surface area contributed by atoms with Crippen molar-refractivity contribution in [3.05, 3.63) is 93.9 Å². The molecule has 3 aromatic carbocycles. The zero-order valence-electron chi connectivity index (χ0n) is 25.2. The maximum absolute atomic E-state index is 13.1. The molecular weight excluding hydrogens is 560 g/mol. The molecule has 0 radical (unpaired) electrons. The summed E-state index contributed by atoms with van der Waals surface area (Å²) in [6, 6.07) is 18.8. The summed E-state index contributed by atoms with van der Waals surface area (Å²) in [6.45, 7) is 9.71. The summed E-state index contributed by atoms with van der Waals surface area (Å²) in [5, 5.41) is 6.17. The quantitative estimate of drug-likeness (QED) is 0.261. The second-order valence-electron chi connectivity index (χ2n) is 11.9. The molecule has 5 rings (SSSR count). The molecule has 4 N–H and O–H groups in total. The number of nitrogen functional groups attached to an aromatic ring is 1. The van der Waals surface area contributed by atoms with Crippen LogP contribution in [0.1, 0.15) is 42.3 Å². The molecule has 1 aliphatic heterocycles. The molecule has 1 saturated heterocycles. The Morgan fingerprint density at radius 1 is 1.02 bits per heavy atom. The Morgan fingerprint density at radius 3 is 2.37 bits per heavy atom. The van der Waals surface area contributed by atoms with Crippen molar-refractivity contribution in [3.63, 3.8) is 0 Å². The van der Waals surface area contributed by atoms with Crippen LogP contribution in [0.2, 0.25) is 0 Å². The van der Waals surface area contributed by atoms with Crippen molar-refractivity contribution in [3.8, 4) is 11.3 Å². The summed E-state index contributed by atoms with van der Waals surface area (Å²) in [5.74, 6) is 1.21. The van der Waals surface area contributed by atoms with Crippen molar-refractivity contribution >= 4 is 45.3 Å². The van der Waals surface area contributed by atoms with Crippen molar-refractivity contribution in [2.45, 2.75) is 33.1 Å². The Kier molecular flexibility index (Phi) is 8.41. The summed E-state index contributed by atoms with van der Waals surface area (Å²) in [5.41, 5.74) is 12.8. The summed E-state index contributed by atoms with van der Waals surface area (Å²) in [6.07, 6.45) is 1.68. The SMILES string of the molecule is Cc1c(NC(=O)c2ccc(C(C)(C)C)cc2)cccc1-c1cn(C)c(=O)c(Nc2ccc(N3CCS(=O)CC3)c(N)c2)n1. The molecule has 0 spiro atoms. The standard InChI is InChI=1S/C33H38N6O3S/c1-21-25(7-6-8-27(21)37-31(40)22-9-11-23(12-10-22)33(2,3)4)28-20-38(5)32(41)30(36-28)35-24-13-14-29(26(34)19-24)39-15-17-43(42)18-16-39/h6-14,19-20H,15-18,34H2,1-5H3,(H,35,36)(H,37,40). The molecule has 0 aliphatic carbocycles. The van der Waals surface area contributed by atoms with Gasteiger partial charge in [0, 0.05) is 71.1 Å². The van der Waals surface area contributed by atoms with Gasteiger partial charge in [-0.1, -0.05) is 45.0 Å². The highest BCUT2D eigenvalue weighted by Crippen LogP contribution is 2.31. The molecule has 1 aromatic heterocycles. The van der Waals surface area contributed by atoms with Gasteiger partial charge in [-0.15, -0.1) is 0 Å². The molecule has 0 saturated carbocycles. The maximum Gasteiger partial charge on any atom is 0.293 e. The van der Waals surface area contributed by atoms with Gasteiger partial charge in [-0.05, 0) is 59.9 Å². The van der Waals surface area contributed by atoms with Crippen LogP contribution in [0.3, 0.4) is 0 Å². The molecule has 1 fully saturated rings. The summed E-state index contributed by atoms with van der Waals surface area (Å²) < 4.78 is 13.2. The van der Waals surface area contributed by atoms with Gasteiger partial charge >= 0.3 is 0 Å². The third-order valence-electron chi connectivity index (χ3n) is 7.75. The lowest BCUT2D eigenvalue weighted by Crippen LogP contribution is -2.38. The smallest absolute Gasteiger partial charge is 0.293 e. The van der Waals surface area contributed by atoms with Crippen LogP contribution in [0.25, 0.3) is 11.3 Å². The highest BCUT2D eigenvalue weighted by Gasteiger charge is 2.19. The molecule has 9 nitrogen and oxygen atoms in total. The average Bonchev–Trinajstić information content (AvgIpc) is 2.97. The Morgan fingerprint density at radius 2 is 1.72 bits per heavy atom. The van der Waals surface area contributed by atoms with E-state index in [2.05, 4.69) is 41.3 Å². The number of aryl methyl sites for hydroxylation is 1. The van der Waals surface area contributed by atoms with E-state index in [1.165, 1.54) is 4.57 Å². The lowest BCUT2D eigenvalue weighted by Gasteiger charge is -2.29. The van der Waals surface area contributed by atoms with E-state index in [4.69, 9.17) is 5.73 Å². The van der Waals surface area contributed by atoms with Gasteiger partial charge in [-0.2, -0.15) is 0 Å². The second kappa shape index (κ2) is 12.0. The van der Waals surface area contributed by atoms with Crippen LogP contribution in [-0.2, 0) is 23.3 Å². The van der Waals surface area contributed by atoms with Gasteiger partial charge < -0.3 is 25.8 Å². The maximum atomic E-state index is 13.1. The monoisotopic (exact) mass is 598 g/mol. The number of nitrogens with one attached hydrogen (secondary N) is 2. The van der Waals surface area contributed by atoms with Crippen LogP contribution < -0.4 is 26.8 Å². The number of amides is 1. The lowest BCUT2D eigenvalue weighted by molar-refractivity contribution is 0.102. The lowest BCUT2D eigenvalue weighted by atomic mass is 9.86. The molecule has 0 unspecified atom stereocenters. The van der Waals surface area contributed by atoms with E-state index in [1.807, 2.05) is 61.5 Å². The molecule has 4 aromatic rings. The minimum absolute atomic E-state index is 0.00315. The van der Waals surface area contributed by atoms with Crippen LogP contribution in [0.4, 0.5) is 28.6 Å².